The van der Waals surface area contributed by atoms with Crippen molar-refractivity contribution in [1.82, 2.24) is 4.72 Å². The number of rotatable bonds is 4. The predicted molar refractivity (Wildman–Crippen MR) is 81.0 cm³/mol. The monoisotopic (exact) mass is 344 g/mol. The molecule has 3 rings (SSSR count). The Bertz CT molecular complexity index is 741. The van der Waals surface area contributed by atoms with Gasteiger partial charge in [-0.1, -0.05) is 0 Å². The number of anilines is 1. The third-order valence-electron chi connectivity index (χ3n) is 4.46. The van der Waals surface area contributed by atoms with Crippen molar-refractivity contribution < 1.29 is 22.0 Å². The van der Waals surface area contributed by atoms with Crippen LogP contribution >= 0.6 is 0 Å². The summed E-state index contributed by atoms with van der Waals surface area (Å²) in [6.45, 7) is 0.459. The number of benzene rings is 1. The van der Waals surface area contributed by atoms with E-state index < -0.39 is 15.9 Å². The summed E-state index contributed by atoms with van der Waals surface area (Å²) in [4.78, 5) is 14.0. The van der Waals surface area contributed by atoms with Crippen molar-refractivity contribution >= 4 is 21.6 Å². The first kappa shape index (κ1) is 16.3. The molecule has 1 heterocycles. The van der Waals surface area contributed by atoms with Gasteiger partial charge in [0.25, 0.3) is 0 Å². The largest absolute Gasteiger partial charge is 0.312 e. The van der Waals surface area contributed by atoms with Gasteiger partial charge in [-0.15, -0.1) is 0 Å². The third kappa shape index (κ3) is 3.10. The fraction of sp³-hybridized carbons (Fsp3) is 0.533. The molecule has 0 aromatic heterocycles. The van der Waals surface area contributed by atoms with E-state index in [1.807, 2.05) is 0 Å². The lowest BCUT2D eigenvalue weighted by Gasteiger charge is -2.35. The van der Waals surface area contributed by atoms with E-state index in [9.17, 15) is 22.0 Å². The molecular formula is C15H18F2N2O3S. The summed E-state index contributed by atoms with van der Waals surface area (Å²) in [6.07, 6.45) is 0.234. The lowest BCUT2D eigenvalue weighted by atomic mass is 9.79. The van der Waals surface area contributed by atoms with E-state index in [0.717, 1.165) is 5.56 Å². The molecule has 1 N–H and O–H groups in total. The Morgan fingerprint density at radius 1 is 1.39 bits per heavy atom. The first-order chi connectivity index (χ1) is 10.7. The standard InChI is InChI=1S/C15H18F2N2O3S/c1-18-23(21,22)12-2-3-13-11(7-12)4-5-19(13)14(20)6-10-8-15(16,17)9-10/h2-3,7,10,18H,4-6,8-9H2,1H3. The zero-order valence-electron chi connectivity index (χ0n) is 12.7. The Hall–Kier alpha value is -1.54. The fourth-order valence-electron chi connectivity index (χ4n) is 3.21. The maximum atomic E-state index is 12.9. The van der Waals surface area contributed by atoms with E-state index in [-0.39, 0.29) is 36.0 Å². The number of hydrogen-bond acceptors (Lipinski definition) is 3. The maximum Gasteiger partial charge on any atom is 0.248 e. The van der Waals surface area contributed by atoms with Crippen molar-refractivity contribution in [1.29, 1.82) is 0 Å². The molecule has 0 spiro atoms. The summed E-state index contributed by atoms with van der Waals surface area (Å²) < 4.78 is 51.6. The van der Waals surface area contributed by atoms with E-state index in [1.54, 1.807) is 17.0 Å². The van der Waals surface area contributed by atoms with E-state index in [4.69, 9.17) is 0 Å². The predicted octanol–water partition coefficient (Wildman–Crippen LogP) is 1.92. The van der Waals surface area contributed by atoms with Gasteiger partial charge in [0, 0.05) is 31.5 Å². The molecule has 8 heteroatoms. The molecule has 0 saturated heterocycles. The topological polar surface area (TPSA) is 66.5 Å². The van der Waals surface area contributed by atoms with Crippen molar-refractivity contribution in [2.45, 2.75) is 36.5 Å². The number of sulfonamides is 1. The van der Waals surface area contributed by atoms with Gasteiger partial charge in [-0.2, -0.15) is 0 Å². The van der Waals surface area contributed by atoms with Gasteiger partial charge in [-0.05, 0) is 43.1 Å². The van der Waals surface area contributed by atoms with E-state index in [1.165, 1.54) is 13.1 Å². The highest BCUT2D eigenvalue weighted by atomic mass is 32.2. The summed E-state index contributed by atoms with van der Waals surface area (Å²) in [5.74, 6) is -3.05. The highest BCUT2D eigenvalue weighted by Gasteiger charge is 2.46. The minimum Gasteiger partial charge on any atom is -0.312 e. The number of carbonyl (C=O) groups is 1. The lowest BCUT2D eigenvalue weighted by Crippen LogP contribution is -2.39. The number of hydrogen-bond donors (Lipinski definition) is 1. The van der Waals surface area contributed by atoms with Crippen LogP contribution < -0.4 is 9.62 Å². The van der Waals surface area contributed by atoms with Crippen LogP contribution in [-0.4, -0.2) is 33.8 Å². The minimum absolute atomic E-state index is 0.117. The second-order valence-electron chi connectivity index (χ2n) is 6.13. The zero-order chi connectivity index (χ0) is 16.8. The number of alkyl halides is 2. The zero-order valence-corrected chi connectivity index (χ0v) is 13.5. The molecule has 1 saturated carbocycles. The molecule has 126 valence electrons. The molecule has 1 aliphatic heterocycles. The summed E-state index contributed by atoms with van der Waals surface area (Å²) in [5, 5.41) is 0. The number of nitrogens with one attached hydrogen (secondary N) is 1. The number of amides is 1. The van der Waals surface area contributed by atoms with Crippen LogP contribution in [0.1, 0.15) is 24.8 Å². The number of nitrogens with zero attached hydrogens (tertiary/aromatic N) is 1. The third-order valence-corrected chi connectivity index (χ3v) is 5.88. The van der Waals surface area contributed by atoms with Crippen LogP contribution in [0.5, 0.6) is 0 Å². The van der Waals surface area contributed by atoms with Crippen LogP contribution in [0.3, 0.4) is 0 Å². The summed E-state index contributed by atoms with van der Waals surface area (Å²) >= 11 is 0. The summed E-state index contributed by atoms with van der Waals surface area (Å²) in [7, 11) is -2.18. The SMILES string of the molecule is CNS(=O)(=O)c1ccc2c(c1)CCN2C(=O)CC1CC(F)(F)C1. The van der Waals surface area contributed by atoms with Gasteiger partial charge in [-0.3, -0.25) is 4.79 Å². The Labute approximate surface area is 133 Å². The van der Waals surface area contributed by atoms with Crippen LogP contribution in [-0.2, 0) is 21.2 Å². The Morgan fingerprint density at radius 3 is 2.70 bits per heavy atom. The highest BCUT2D eigenvalue weighted by molar-refractivity contribution is 7.89. The van der Waals surface area contributed by atoms with Crippen molar-refractivity contribution in [3.05, 3.63) is 23.8 Å². The summed E-state index contributed by atoms with van der Waals surface area (Å²) in [6, 6.07) is 4.62. The molecule has 23 heavy (non-hydrogen) atoms. The number of carbonyl (C=O) groups excluding carboxylic acids is 1. The average Bonchev–Trinajstić information content (AvgIpc) is 2.88. The molecular weight excluding hydrogens is 326 g/mol. The molecule has 1 fully saturated rings. The smallest absolute Gasteiger partial charge is 0.248 e. The van der Waals surface area contributed by atoms with Gasteiger partial charge in [-0.25, -0.2) is 21.9 Å². The molecule has 1 aromatic carbocycles. The molecule has 2 aliphatic rings. The second-order valence-corrected chi connectivity index (χ2v) is 8.01. The molecule has 0 unspecified atom stereocenters. The van der Waals surface area contributed by atoms with Gasteiger partial charge in [0.2, 0.25) is 21.9 Å². The van der Waals surface area contributed by atoms with Crippen molar-refractivity contribution in [2.24, 2.45) is 5.92 Å². The minimum atomic E-state index is -3.52. The quantitative estimate of drug-likeness (QED) is 0.907. The Balaban J connectivity index is 1.73. The molecule has 1 amide bonds. The number of fused-ring (bicyclic) bond motifs is 1. The average molecular weight is 344 g/mol. The first-order valence-corrected chi connectivity index (χ1v) is 8.95. The van der Waals surface area contributed by atoms with Crippen molar-refractivity contribution in [3.63, 3.8) is 0 Å². The van der Waals surface area contributed by atoms with Crippen LogP contribution in [0.15, 0.2) is 23.1 Å². The van der Waals surface area contributed by atoms with Gasteiger partial charge in [0.05, 0.1) is 4.90 Å². The molecule has 0 bridgehead atoms. The Morgan fingerprint density at radius 2 is 2.09 bits per heavy atom. The Kier molecular flexibility index (Phi) is 3.92. The van der Waals surface area contributed by atoms with Crippen LogP contribution in [0, 0.1) is 5.92 Å². The van der Waals surface area contributed by atoms with Crippen molar-refractivity contribution in [3.8, 4) is 0 Å². The maximum absolute atomic E-state index is 12.9. The lowest BCUT2D eigenvalue weighted by molar-refractivity contribution is -0.131. The molecule has 5 nitrogen and oxygen atoms in total. The van der Waals surface area contributed by atoms with Gasteiger partial charge in [0.15, 0.2) is 0 Å². The summed E-state index contributed by atoms with van der Waals surface area (Å²) in [5.41, 5.74) is 1.46. The van der Waals surface area contributed by atoms with Crippen LogP contribution in [0.2, 0.25) is 0 Å². The second kappa shape index (κ2) is 5.52. The van der Waals surface area contributed by atoms with Crippen LogP contribution in [0.25, 0.3) is 0 Å². The van der Waals surface area contributed by atoms with Crippen molar-refractivity contribution in [2.75, 3.05) is 18.5 Å². The van der Waals surface area contributed by atoms with Gasteiger partial charge < -0.3 is 4.90 Å². The molecule has 1 aliphatic carbocycles. The van der Waals surface area contributed by atoms with Gasteiger partial charge in [0.1, 0.15) is 0 Å². The fourth-order valence-corrected chi connectivity index (χ4v) is 3.99. The molecule has 1 aromatic rings. The van der Waals surface area contributed by atoms with Crippen LogP contribution in [0.4, 0.5) is 14.5 Å². The molecule has 0 radical (unpaired) electrons. The number of halogens is 2. The van der Waals surface area contributed by atoms with E-state index in [2.05, 4.69) is 4.72 Å². The highest BCUT2D eigenvalue weighted by Crippen LogP contribution is 2.44. The first-order valence-electron chi connectivity index (χ1n) is 7.46. The van der Waals surface area contributed by atoms with Gasteiger partial charge >= 0.3 is 0 Å². The van der Waals surface area contributed by atoms with E-state index in [0.29, 0.717) is 18.7 Å². The van der Waals surface area contributed by atoms with E-state index >= 15 is 0 Å². The normalized spacial score (nSPS) is 20.2. The molecule has 0 atom stereocenters.